The zero-order valence-electron chi connectivity index (χ0n) is 16.3. The van der Waals surface area contributed by atoms with Gasteiger partial charge in [-0.05, 0) is 42.5 Å². The van der Waals surface area contributed by atoms with Crippen molar-refractivity contribution in [1.29, 1.82) is 5.26 Å². The van der Waals surface area contributed by atoms with Crippen molar-refractivity contribution >= 4 is 5.91 Å². The monoisotopic (exact) mass is 366 g/mol. The average molecular weight is 366 g/mol. The molecule has 0 saturated carbocycles. The molecule has 0 aliphatic rings. The quantitative estimate of drug-likeness (QED) is 0.766. The van der Waals surface area contributed by atoms with Crippen molar-refractivity contribution in [3.63, 3.8) is 0 Å². The lowest BCUT2D eigenvalue weighted by Crippen LogP contribution is -2.31. The maximum absolute atomic E-state index is 12.2. The SMILES string of the molecule is COc1cc(C#N)ccc1OCC(=O)NC(C)c1ccc(CC(C)C)cc1. The summed E-state index contributed by atoms with van der Waals surface area (Å²) in [6, 6.07) is 15.1. The molecule has 1 N–H and O–H groups in total. The van der Waals surface area contributed by atoms with E-state index in [1.165, 1.54) is 12.7 Å². The van der Waals surface area contributed by atoms with E-state index in [1.54, 1.807) is 18.2 Å². The summed E-state index contributed by atoms with van der Waals surface area (Å²) in [5, 5.41) is 11.9. The van der Waals surface area contributed by atoms with Gasteiger partial charge in [0.15, 0.2) is 18.1 Å². The van der Waals surface area contributed by atoms with Gasteiger partial charge >= 0.3 is 0 Å². The highest BCUT2D eigenvalue weighted by Crippen LogP contribution is 2.27. The third-order valence-electron chi connectivity index (χ3n) is 4.15. The van der Waals surface area contributed by atoms with Gasteiger partial charge in [-0.25, -0.2) is 0 Å². The third kappa shape index (κ3) is 6.03. The Kier molecular flexibility index (Phi) is 7.25. The van der Waals surface area contributed by atoms with E-state index in [-0.39, 0.29) is 18.6 Å². The van der Waals surface area contributed by atoms with Gasteiger partial charge < -0.3 is 14.8 Å². The molecule has 0 aliphatic carbocycles. The van der Waals surface area contributed by atoms with Gasteiger partial charge in [-0.1, -0.05) is 38.1 Å². The van der Waals surface area contributed by atoms with Crippen LogP contribution in [0.2, 0.25) is 0 Å². The Balaban J connectivity index is 1.91. The summed E-state index contributed by atoms with van der Waals surface area (Å²) in [5.74, 6) is 1.25. The summed E-state index contributed by atoms with van der Waals surface area (Å²) < 4.78 is 10.7. The zero-order valence-corrected chi connectivity index (χ0v) is 16.3. The van der Waals surface area contributed by atoms with Crippen LogP contribution in [0, 0.1) is 17.2 Å². The number of ether oxygens (including phenoxy) is 2. The highest BCUT2D eigenvalue weighted by atomic mass is 16.5. The lowest BCUT2D eigenvalue weighted by molar-refractivity contribution is -0.123. The molecule has 5 nitrogen and oxygen atoms in total. The van der Waals surface area contributed by atoms with Gasteiger partial charge in [0, 0.05) is 6.07 Å². The third-order valence-corrected chi connectivity index (χ3v) is 4.15. The highest BCUT2D eigenvalue weighted by molar-refractivity contribution is 5.78. The van der Waals surface area contributed by atoms with Crippen LogP contribution in [0.15, 0.2) is 42.5 Å². The molecule has 1 unspecified atom stereocenters. The summed E-state index contributed by atoms with van der Waals surface area (Å²) in [5.41, 5.74) is 2.81. The Labute approximate surface area is 160 Å². The van der Waals surface area contributed by atoms with Crippen molar-refractivity contribution in [2.45, 2.75) is 33.2 Å². The van der Waals surface area contributed by atoms with Gasteiger partial charge in [-0.2, -0.15) is 5.26 Å². The minimum absolute atomic E-state index is 0.114. The number of methoxy groups -OCH3 is 1. The molecule has 142 valence electrons. The number of benzene rings is 2. The molecule has 0 aliphatic heterocycles. The van der Waals surface area contributed by atoms with Crippen LogP contribution in [0.1, 0.15) is 43.5 Å². The number of amides is 1. The molecule has 0 bridgehead atoms. The first-order valence-corrected chi connectivity index (χ1v) is 9.02. The normalized spacial score (nSPS) is 11.6. The Morgan fingerprint density at radius 3 is 2.41 bits per heavy atom. The van der Waals surface area contributed by atoms with Crippen molar-refractivity contribution in [3.8, 4) is 17.6 Å². The fraction of sp³-hybridized carbons (Fsp3) is 0.364. The maximum Gasteiger partial charge on any atom is 0.258 e. The fourth-order valence-electron chi connectivity index (χ4n) is 2.78. The second-order valence-electron chi connectivity index (χ2n) is 6.89. The van der Waals surface area contributed by atoms with Crippen LogP contribution in [0.4, 0.5) is 0 Å². The zero-order chi connectivity index (χ0) is 19.8. The molecule has 27 heavy (non-hydrogen) atoms. The van der Waals surface area contributed by atoms with Gasteiger partial charge in [0.05, 0.1) is 24.8 Å². The highest BCUT2D eigenvalue weighted by Gasteiger charge is 2.12. The van der Waals surface area contributed by atoms with Crippen molar-refractivity contribution in [1.82, 2.24) is 5.32 Å². The molecule has 2 aromatic rings. The number of rotatable bonds is 8. The number of hydrogen-bond acceptors (Lipinski definition) is 4. The van der Waals surface area contributed by atoms with Crippen LogP contribution in [0.5, 0.6) is 11.5 Å². The Hall–Kier alpha value is -3.00. The Morgan fingerprint density at radius 1 is 1.11 bits per heavy atom. The lowest BCUT2D eigenvalue weighted by Gasteiger charge is -2.16. The van der Waals surface area contributed by atoms with Gasteiger partial charge in [0.25, 0.3) is 5.91 Å². The van der Waals surface area contributed by atoms with E-state index in [1.807, 2.05) is 25.1 Å². The predicted octanol–water partition coefficient (Wildman–Crippen LogP) is 4.02. The second kappa shape index (κ2) is 9.63. The number of nitrogens with one attached hydrogen (secondary N) is 1. The van der Waals surface area contributed by atoms with E-state index < -0.39 is 0 Å². The minimum atomic E-state index is -0.222. The molecule has 0 heterocycles. The summed E-state index contributed by atoms with van der Waals surface area (Å²) in [7, 11) is 1.49. The second-order valence-corrected chi connectivity index (χ2v) is 6.89. The summed E-state index contributed by atoms with van der Waals surface area (Å²) >= 11 is 0. The van der Waals surface area contributed by atoms with Crippen molar-refractivity contribution in [2.24, 2.45) is 5.92 Å². The molecule has 0 fully saturated rings. The average Bonchev–Trinajstić information content (AvgIpc) is 2.66. The van der Waals surface area contributed by atoms with Crippen molar-refractivity contribution in [3.05, 3.63) is 59.2 Å². The van der Waals surface area contributed by atoms with E-state index in [9.17, 15) is 4.79 Å². The molecule has 2 rings (SSSR count). The number of carbonyl (C=O) groups is 1. The number of carbonyl (C=O) groups excluding carboxylic acids is 1. The van der Waals surface area contributed by atoms with Gasteiger partial charge in [-0.3, -0.25) is 4.79 Å². The van der Waals surface area contributed by atoms with Crippen LogP contribution in [0.3, 0.4) is 0 Å². The van der Waals surface area contributed by atoms with Crippen LogP contribution in [-0.4, -0.2) is 19.6 Å². The molecule has 2 aromatic carbocycles. The van der Waals surface area contributed by atoms with Crippen LogP contribution < -0.4 is 14.8 Å². The van der Waals surface area contributed by atoms with Crippen molar-refractivity contribution in [2.75, 3.05) is 13.7 Å². The van der Waals surface area contributed by atoms with Crippen LogP contribution >= 0.6 is 0 Å². The molecule has 1 atom stereocenters. The van der Waals surface area contributed by atoms with E-state index >= 15 is 0 Å². The first-order chi connectivity index (χ1) is 12.9. The molecule has 0 saturated heterocycles. The summed E-state index contributed by atoms with van der Waals surface area (Å²) in [6.45, 7) is 6.20. The summed E-state index contributed by atoms with van der Waals surface area (Å²) in [6.07, 6.45) is 1.04. The van der Waals surface area contributed by atoms with E-state index in [4.69, 9.17) is 14.7 Å². The van der Waals surface area contributed by atoms with Gasteiger partial charge in [0.2, 0.25) is 0 Å². The molecule has 0 radical (unpaired) electrons. The van der Waals surface area contributed by atoms with Crippen molar-refractivity contribution < 1.29 is 14.3 Å². The number of nitrogens with zero attached hydrogens (tertiary/aromatic N) is 1. The molecule has 1 amide bonds. The minimum Gasteiger partial charge on any atom is -0.493 e. The molecular formula is C22H26N2O3. The number of hydrogen-bond donors (Lipinski definition) is 1. The van der Waals surface area contributed by atoms with E-state index in [0.717, 1.165) is 12.0 Å². The van der Waals surface area contributed by atoms with Gasteiger partial charge in [-0.15, -0.1) is 0 Å². The standard InChI is InChI=1S/C22H26N2O3/c1-15(2)11-17-5-8-19(9-6-17)16(3)24-22(25)14-27-20-10-7-18(13-23)12-21(20)26-4/h5-10,12,15-16H,11,14H2,1-4H3,(H,24,25). The van der Waals surface area contributed by atoms with E-state index in [2.05, 4.69) is 31.3 Å². The largest absolute Gasteiger partial charge is 0.493 e. The van der Waals surface area contributed by atoms with E-state index in [0.29, 0.717) is 23.0 Å². The molecule has 5 heteroatoms. The smallest absolute Gasteiger partial charge is 0.258 e. The molecular weight excluding hydrogens is 340 g/mol. The van der Waals surface area contributed by atoms with Crippen LogP contribution in [-0.2, 0) is 11.2 Å². The van der Waals surface area contributed by atoms with Gasteiger partial charge in [0.1, 0.15) is 0 Å². The lowest BCUT2D eigenvalue weighted by atomic mass is 10.00. The Morgan fingerprint density at radius 2 is 1.81 bits per heavy atom. The first-order valence-electron chi connectivity index (χ1n) is 9.02. The topological polar surface area (TPSA) is 71.3 Å². The van der Waals surface area contributed by atoms with Crippen LogP contribution in [0.25, 0.3) is 0 Å². The molecule has 0 spiro atoms. The number of nitriles is 1. The predicted molar refractivity (Wildman–Crippen MR) is 105 cm³/mol. The first kappa shape index (κ1) is 20.3. The summed E-state index contributed by atoms with van der Waals surface area (Å²) in [4.78, 5) is 12.2. The fourth-order valence-corrected chi connectivity index (χ4v) is 2.78. The molecule has 0 aromatic heterocycles. The Bertz CT molecular complexity index is 807. The maximum atomic E-state index is 12.2.